The van der Waals surface area contributed by atoms with Gasteiger partial charge in [0.15, 0.2) is 0 Å². The van der Waals surface area contributed by atoms with Crippen molar-refractivity contribution in [3.8, 4) is 5.75 Å². The van der Waals surface area contributed by atoms with Gasteiger partial charge in [0.25, 0.3) is 6.43 Å². The summed E-state index contributed by atoms with van der Waals surface area (Å²) in [7, 11) is 1.56. The molecule has 0 bridgehead atoms. The largest absolute Gasteiger partial charge is 0.497 e. The molecule has 1 aromatic carbocycles. The SMILES string of the molecule is COc1ccc(C(O)CCOCC(F)F)cc1. The van der Waals surface area contributed by atoms with Gasteiger partial charge in [0.05, 0.1) is 13.2 Å². The molecule has 0 spiro atoms. The van der Waals surface area contributed by atoms with Crippen LogP contribution >= 0.6 is 0 Å². The van der Waals surface area contributed by atoms with Crippen LogP contribution in [0.4, 0.5) is 8.78 Å². The first-order valence-corrected chi connectivity index (χ1v) is 5.31. The van der Waals surface area contributed by atoms with Crippen LogP contribution in [0.25, 0.3) is 0 Å². The highest BCUT2D eigenvalue weighted by molar-refractivity contribution is 5.28. The summed E-state index contributed by atoms with van der Waals surface area (Å²) in [6.07, 6.45) is -2.88. The average Bonchev–Trinajstić information content (AvgIpc) is 2.34. The standard InChI is InChI=1S/C12H16F2O3/c1-16-10-4-2-9(3-5-10)11(15)6-7-17-8-12(13)14/h2-5,11-12,15H,6-8H2,1H3. The number of halogens is 2. The second-order valence-corrected chi connectivity index (χ2v) is 3.54. The van der Waals surface area contributed by atoms with E-state index in [0.717, 1.165) is 0 Å². The van der Waals surface area contributed by atoms with Crippen molar-refractivity contribution in [2.45, 2.75) is 19.0 Å². The molecule has 0 saturated heterocycles. The number of alkyl halides is 2. The Morgan fingerprint density at radius 2 is 1.88 bits per heavy atom. The number of ether oxygens (including phenoxy) is 2. The van der Waals surface area contributed by atoms with Crippen LogP contribution in [0.1, 0.15) is 18.1 Å². The summed E-state index contributed by atoms with van der Waals surface area (Å²) in [5.41, 5.74) is 0.714. The molecule has 17 heavy (non-hydrogen) atoms. The number of aliphatic hydroxyl groups is 1. The van der Waals surface area contributed by atoms with Crippen LogP contribution in [0.5, 0.6) is 5.75 Å². The minimum Gasteiger partial charge on any atom is -0.497 e. The molecule has 96 valence electrons. The van der Waals surface area contributed by atoms with E-state index in [2.05, 4.69) is 0 Å². The zero-order chi connectivity index (χ0) is 12.7. The Bertz CT molecular complexity index is 314. The Kier molecular flexibility index (Phi) is 5.86. The molecule has 3 nitrogen and oxygen atoms in total. The molecule has 5 heteroatoms. The third kappa shape index (κ3) is 5.10. The van der Waals surface area contributed by atoms with Crippen molar-refractivity contribution in [1.82, 2.24) is 0 Å². The Morgan fingerprint density at radius 1 is 1.24 bits per heavy atom. The van der Waals surface area contributed by atoms with E-state index in [1.165, 1.54) is 0 Å². The highest BCUT2D eigenvalue weighted by atomic mass is 19.3. The smallest absolute Gasteiger partial charge is 0.261 e. The maximum Gasteiger partial charge on any atom is 0.261 e. The molecule has 0 fully saturated rings. The molecule has 1 rings (SSSR count). The Balaban J connectivity index is 2.33. The van der Waals surface area contributed by atoms with Crippen LogP contribution in [0.3, 0.4) is 0 Å². The van der Waals surface area contributed by atoms with Crippen LogP contribution < -0.4 is 4.74 Å². The van der Waals surface area contributed by atoms with E-state index in [-0.39, 0.29) is 6.61 Å². The fourth-order valence-corrected chi connectivity index (χ4v) is 1.36. The lowest BCUT2D eigenvalue weighted by Crippen LogP contribution is -2.08. The van der Waals surface area contributed by atoms with Gasteiger partial charge in [-0.2, -0.15) is 0 Å². The first kappa shape index (κ1) is 13.9. The molecule has 0 saturated carbocycles. The normalized spacial score (nSPS) is 12.8. The molecule has 0 aliphatic rings. The van der Waals surface area contributed by atoms with E-state index in [4.69, 9.17) is 9.47 Å². The maximum absolute atomic E-state index is 11.8. The van der Waals surface area contributed by atoms with Gasteiger partial charge in [-0.25, -0.2) is 8.78 Å². The highest BCUT2D eigenvalue weighted by Gasteiger charge is 2.08. The summed E-state index contributed by atoms with van der Waals surface area (Å²) in [6, 6.07) is 6.93. The Labute approximate surface area is 99.0 Å². The second-order valence-electron chi connectivity index (χ2n) is 3.54. The number of benzene rings is 1. The number of aliphatic hydroxyl groups excluding tert-OH is 1. The Hall–Kier alpha value is -1.20. The quantitative estimate of drug-likeness (QED) is 0.751. The van der Waals surface area contributed by atoms with Crippen LogP contribution in [0.2, 0.25) is 0 Å². The topological polar surface area (TPSA) is 38.7 Å². The van der Waals surface area contributed by atoms with Crippen LogP contribution in [-0.2, 0) is 4.74 Å². The summed E-state index contributed by atoms with van der Waals surface area (Å²) < 4.78 is 33.2. The lowest BCUT2D eigenvalue weighted by molar-refractivity contribution is 0.00481. The van der Waals surface area contributed by atoms with Crippen molar-refractivity contribution in [3.63, 3.8) is 0 Å². The molecule has 0 heterocycles. The predicted octanol–water partition coefficient (Wildman–Crippen LogP) is 2.40. The summed E-state index contributed by atoms with van der Waals surface area (Å²) >= 11 is 0. The Morgan fingerprint density at radius 3 is 2.41 bits per heavy atom. The van der Waals surface area contributed by atoms with Crippen molar-refractivity contribution in [3.05, 3.63) is 29.8 Å². The molecule has 1 unspecified atom stereocenters. The van der Waals surface area contributed by atoms with Crippen LogP contribution in [0.15, 0.2) is 24.3 Å². The summed E-state index contributed by atoms with van der Waals surface area (Å²) in [6.45, 7) is -0.479. The highest BCUT2D eigenvalue weighted by Crippen LogP contribution is 2.19. The van der Waals surface area contributed by atoms with Gasteiger partial charge < -0.3 is 14.6 Å². The first-order chi connectivity index (χ1) is 8.13. The summed E-state index contributed by atoms with van der Waals surface area (Å²) in [5.74, 6) is 0.704. The van der Waals surface area contributed by atoms with E-state index in [9.17, 15) is 13.9 Å². The number of hydrogen-bond acceptors (Lipinski definition) is 3. The number of methoxy groups -OCH3 is 1. The van der Waals surface area contributed by atoms with Gasteiger partial charge in [-0.15, -0.1) is 0 Å². The van der Waals surface area contributed by atoms with Crippen LogP contribution in [0, 0.1) is 0 Å². The fourth-order valence-electron chi connectivity index (χ4n) is 1.36. The molecule has 0 radical (unpaired) electrons. The van der Waals surface area contributed by atoms with E-state index in [1.807, 2.05) is 0 Å². The van der Waals surface area contributed by atoms with Gasteiger partial charge in [-0.3, -0.25) is 0 Å². The van der Waals surface area contributed by atoms with E-state index < -0.39 is 19.1 Å². The van der Waals surface area contributed by atoms with Crippen molar-refractivity contribution < 1.29 is 23.4 Å². The van der Waals surface area contributed by atoms with Crippen molar-refractivity contribution in [2.75, 3.05) is 20.3 Å². The summed E-state index contributed by atoms with van der Waals surface area (Å²) in [5, 5.41) is 9.74. The molecule has 0 aliphatic heterocycles. The fraction of sp³-hybridized carbons (Fsp3) is 0.500. The monoisotopic (exact) mass is 246 g/mol. The van der Waals surface area contributed by atoms with Gasteiger partial charge in [-0.05, 0) is 17.7 Å². The molecule has 1 aromatic rings. The third-order valence-corrected chi connectivity index (χ3v) is 2.28. The number of rotatable bonds is 7. The van der Waals surface area contributed by atoms with Gasteiger partial charge in [0, 0.05) is 13.0 Å². The average molecular weight is 246 g/mol. The lowest BCUT2D eigenvalue weighted by Gasteiger charge is -2.11. The van der Waals surface area contributed by atoms with Gasteiger partial charge in [0.2, 0.25) is 0 Å². The zero-order valence-electron chi connectivity index (χ0n) is 9.61. The van der Waals surface area contributed by atoms with E-state index in [0.29, 0.717) is 17.7 Å². The lowest BCUT2D eigenvalue weighted by atomic mass is 10.1. The van der Waals surface area contributed by atoms with Crippen molar-refractivity contribution >= 4 is 0 Å². The maximum atomic E-state index is 11.8. The molecular formula is C12H16F2O3. The minimum absolute atomic E-state index is 0.109. The van der Waals surface area contributed by atoms with Gasteiger partial charge in [0.1, 0.15) is 12.4 Å². The second kappa shape index (κ2) is 7.19. The van der Waals surface area contributed by atoms with Crippen molar-refractivity contribution in [1.29, 1.82) is 0 Å². The van der Waals surface area contributed by atoms with Gasteiger partial charge >= 0.3 is 0 Å². The molecule has 1 N–H and O–H groups in total. The molecule has 0 amide bonds. The minimum atomic E-state index is -2.46. The summed E-state index contributed by atoms with van der Waals surface area (Å²) in [4.78, 5) is 0. The first-order valence-electron chi connectivity index (χ1n) is 5.31. The number of hydrogen-bond donors (Lipinski definition) is 1. The van der Waals surface area contributed by atoms with Gasteiger partial charge in [-0.1, -0.05) is 12.1 Å². The van der Waals surface area contributed by atoms with Crippen molar-refractivity contribution in [2.24, 2.45) is 0 Å². The molecular weight excluding hydrogens is 230 g/mol. The third-order valence-electron chi connectivity index (χ3n) is 2.28. The van der Waals surface area contributed by atoms with Crippen LogP contribution in [-0.4, -0.2) is 31.9 Å². The van der Waals surface area contributed by atoms with E-state index in [1.54, 1.807) is 31.4 Å². The predicted molar refractivity (Wildman–Crippen MR) is 59.4 cm³/mol. The molecule has 0 aromatic heterocycles. The molecule has 1 atom stereocenters. The van der Waals surface area contributed by atoms with E-state index >= 15 is 0 Å². The zero-order valence-corrected chi connectivity index (χ0v) is 9.61. The molecule has 0 aliphatic carbocycles.